The molecule has 7 heteroatoms. The van der Waals surface area contributed by atoms with Crippen LogP contribution in [0.2, 0.25) is 5.02 Å². The van der Waals surface area contributed by atoms with Crippen molar-refractivity contribution < 1.29 is 14.0 Å². The van der Waals surface area contributed by atoms with Gasteiger partial charge in [0.25, 0.3) is 5.91 Å². The number of hydrogen-bond acceptors (Lipinski definition) is 4. The Bertz CT molecular complexity index is 1030. The maximum absolute atomic E-state index is 12.7. The predicted molar refractivity (Wildman–Crippen MR) is 121 cm³/mol. The normalized spacial score (nSPS) is 10.7. The Morgan fingerprint density at radius 2 is 1.71 bits per heavy atom. The SMILES string of the molecule is CCN(Cc1ccc(C(=O)N(C)C)cc1)C(=O)CCc1ncc(-c2ccc(Cl)cc2)o1. The summed E-state index contributed by atoms with van der Waals surface area (Å²) in [7, 11) is 3.44. The maximum atomic E-state index is 12.7. The molecule has 0 aliphatic carbocycles. The van der Waals surface area contributed by atoms with Crippen LogP contribution in [0.4, 0.5) is 0 Å². The van der Waals surface area contributed by atoms with Crippen molar-refractivity contribution in [3.05, 3.63) is 76.8 Å². The van der Waals surface area contributed by atoms with E-state index in [4.69, 9.17) is 16.0 Å². The van der Waals surface area contributed by atoms with E-state index in [1.165, 1.54) is 4.90 Å². The molecule has 0 bridgehead atoms. The molecule has 162 valence electrons. The smallest absolute Gasteiger partial charge is 0.253 e. The molecule has 6 nitrogen and oxygen atoms in total. The van der Waals surface area contributed by atoms with Crippen LogP contribution in [0, 0.1) is 0 Å². The lowest BCUT2D eigenvalue weighted by Gasteiger charge is -2.21. The van der Waals surface area contributed by atoms with Crippen LogP contribution in [0.1, 0.15) is 35.2 Å². The van der Waals surface area contributed by atoms with Gasteiger partial charge in [0.1, 0.15) is 0 Å². The first-order valence-corrected chi connectivity index (χ1v) is 10.5. The number of nitrogens with zero attached hydrogens (tertiary/aromatic N) is 3. The molecule has 0 N–H and O–H groups in total. The molecule has 0 fully saturated rings. The summed E-state index contributed by atoms with van der Waals surface area (Å²) in [5.74, 6) is 1.17. The number of aromatic nitrogens is 1. The Hall–Kier alpha value is -3.12. The fourth-order valence-corrected chi connectivity index (χ4v) is 3.28. The molecule has 0 aliphatic rings. The van der Waals surface area contributed by atoms with Crippen molar-refractivity contribution in [1.29, 1.82) is 0 Å². The molecule has 2 amide bonds. The van der Waals surface area contributed by atoms with Crippen molar-refractivity contribution in [2.24, 2.45) is 0 Å². The van der Waals surface area contributed by atoms with Gasteiger partial charge in [0.15, 0.2) is 11.7 Å². The van der Waals surface area contributed by atoms with Gasteiger partial charge in [-0.1, -0.05) is 23.7 Å². The van der Waals surface area contributed by atoms with Gasteiger partial charge in [-0.2, -0.15) is 0 Å². The Balaban J connectivity index is 1.56. The van der Waals surface area contributed by atoms with E-state index in [2.05, 4.69) is 4.98 Å². The molecule has 0 saturated heterocycles. The third kappa shape index (κ3) is 5.95. The highest BCUT2D eigenvalue weighted by molar-refractivity contribution is 6.30. The first-order valence-electron chi connectivity index (χ1n) is 10.2. The number of aryl methyl sites for hydroxylation is 1. The minimum Gasteiger partial charge on any atom is -0.441 e. The fraction of sp³-hybridized carbons (Fsp3) is 0.292. The van der Waals surface area contributed by atoms with E-state index in [-0.39, 0.29) is 11.8 Å². The van der Waals surface area contributed by atoms with E-state index in [9.17, 15) is 9.59 Å². The standard InChI is InChI=1S/C24H26ClN3O3/c1-4-28(16-17-5-7-19(8-6-17)24(30)27(2)3)23(29)14-13-22-26-15-21(31-22)18-9-11-20(25)12-10-18/h5-12,15H,4,13-14,16H2,1-3H3. The number of rotatable bonds is 8. The van der Waals surface area contributed by atoms with Crippen LogP contribution in [0.25, 0.3) is 11.3 Å². The van der Waals surface area contributed by atoms with Gasteiger partial charge in [-0.15, -0.1) is 0 Å². The molecule has 31 heavy (non-hydrogen) atoms. The van der Waals surface area contributed by atoms with E-state index in [0.717, 1.165) is 11.1 Å². The van der Waals surface area contributed by atoms with Crippen molar-refractivity contribution in [3.63, 3.8) is 0 Å². The number of halogens is 1. The van der Waals surface area contributed by atoms with Gasteiger partial charge in [0.2, 0.25) is 5.91 Å². The highest BCUT2D eigenvalue weighted by Crippen LogP contribution is 2.23. The number of hydrogen-bond donors (Lipinski definition) is 0. The zero-order chi connectivity index (χ0) is 22.4. The molecule has 3 rings (SSSR count). The molecule has 0 saturated carbocycles. The van der Waals surface area contributed by atoms with Crippen LogP contribution < -0.4 is 0 Å². The number of amides is 2. The molecular weight excluding hydrogens is 414 g/mol. The molecule has 1 aromatic heterocycles. The van der Waals surface area contributed by atoms with Crippen molar-refractivity contribution >= 4 is 23.4 Å². The predicted octanol–water partition coefficient (Wildman–Crippen LogP) is 4.68. The molecule has 1 heterocycles. The summed E-state index contributed by atoms with van der Waals surface area (Å²) in [6.45, 7) is 3.04. The third-order valence-corrected chi connectivity index (χ3v) is 5.20. The van der Waals surface area contributed by atoms with Crippen LogP contribution in [0.3, 0.4) is 0 Å². The molecule has 2 aromatic carbocycles. The molecule has 0 unspecified atom stereocenters. The monoisotopic (exact) mass is 439 g/mol. The van der Waals surface area contributed by atoms with Crippen molar-refractivity contribution in [2.45, 2.75) is 26.3 Å². The summed E-state index contributed by atoms with van der Waals surface area (Å²) < 4.78 is 5.79. The van der Waals surface area contributed by atoms with Gasteiger partial charge in [0.05, 0.1) is 6.20 Å². The summed E-state index contributed by atoms with van der Waals surface area (Å²) in [4.78, 5) is 32.3. The lowest BCUT2D eigenvalue weighted by molar-refractivity contribution is -0.131. The van der Waals surface area contributed by atoms with Crippen molar-refractivity contribution in [2.75, 3.05) is 20.6 Å². The van der Waals surface area contributed by atoms with Gasteiger partial charge in [-0.05, 0) is 48.9 Å². The molecule has 0 spiro atoms. The molecular formula is C24H26ClN3O3. The zero-order valence-electron chi connectivity index (χ0n) is 18.0. The molecule has 0 atom stereocenters. The topological polar surface area (TPSA) is 66.7 Å². The molecule has 0 aliphatic heterocycles. The summed E-state index contributed by atoms with van der Waals surface area (Å²) in [6.07, 6.45) is 2.40. The first-order chi connectivity index (χ1) is 14.9. The highest BCUT2D eigenvalue weighted by atomic mass is 35.5. The Kier molecular flexibility index (Phi) is 7.47. The quantitative estimate of drug-likeness (QED) is 0.511. The maximum Gasteiger partial charge on any atom is 0.253 e. The largest absolute Gasteiger partial charge is 0.441 e. The second-order valence-electron chi connectivity index (χ2n) is 7.43. The number of carbonyl (C=O) groups excluding carboxylic acids is 2. The highest BCUT2D eigenvalue weighted by Gasteiger charge is 2.15. The van der Waals surface area contributed by atoms with E-state index in [1.54, 1.807) is 49.5 Å². The summed E-state index contributed by atoms with van der Waals surface area (Å²) >= 11 is 5.92. The number of benzene rings is 2. The second kappa shape index (κ2) is 10.3. The van der Waals surface area contributed by atoms with E-state index in [1.807, 2.05) is 31.2 Å². The fourth-order valence-electron chi connectivity index (χ4n) is 3.15. The average Bonchev–Trinajstić information content (AvgIpc) is 3.25. The molecule has 0 radical (unpaired) electrons. The van der Waals surface area contributed by atoms with Gasteiger partial charge in [-0.25, -0.2) is 4.98 Å². The van der Waals surface area contributed by atoms with E-state index in [0.29, 0.717) is 48.2 Å². The minimum absolute atomic E-state index is 0.0298. The summed E-state index contributed by atoms with van der Waals surface area (Å²) in [5, 5.41) is 0.660. The lowest BCUT2D eigenvalue weighted by atomic mass is 10.1. The average molecular weight is 440 g/mol. The minimum atomic E-state index is -0.0427. The molecule has 3 aromatic rings. The van der Waals surface area contributed by atoms with Gasteiger partial charge >= 0.3 is 0 Å². The van der Waals surface area contributed by atoms with Gasteiger partial charge in [-0.3, -0.25) is 9.59 Å². The van der Waals surface area contributed by atoms with Crippen LogP contribution in [0.5, 0.6) is 0 Å². The zero-order valence-corrected chi connectivity index (χ0v) is 18.7. The number of oxazole rings is 1. The van der Waals surface area contributed by atoms with E-state index < -0.39 is 0 Å². The van der Waals surface area contributed by atoms with Crippen LogP contribution in [0.15, 0.2) is 59.1 Å². The third-order valence-electron chi connectivity index (χ3n) is 4.95. The first kappa shape index (κ1) is 22.6. The van der Waals surface area contributed by atoms with Crippen LogP contribution in [-0.2, 0) is 17.8 Å². The van der Waals surface area contributed by atoms with Gasteiger partial charge < -0.3 is 14.2 Å². The summed E-state index contributed by atoms with van der Waals surface area (Å²) in [5.41, 5.74) is 2.50. The summed E-state index contributed by atoms with van der Waals surface area (Å²) in [6, 6.07) is 14.7. The Labute approximate surface area is 187 Å². The van der Waals surface area contributed by atoms with Crippen LogP contribution in [-0.4, -0.2) is 47.2 Å². The Morgan fingerprint density at radius 3 is 2.32 bits per heavy atom. The van der Waals surface area contributed by atoms with E-state index >= 15 is 0 Å². The second-order valence-corrected chi connectivity index (χ2v) is 7.87. The van der Waals surface area contributed by atoms with Crippen LogP contribution >= 0.6 is 11.6 Å². The van der Waals surface area contributed by atoms with Crippen molar-refractivity contribution in [1.82, 2.24) is 14.8 Å². The van der Waals surface area contributed by atoms with Gasteiger partial charge in [0, 0.05) is 56.2 Å². The Morgan fingerprint density at radius 1 is 1.03 bits per heavy atom. The van der Waals surface area contributed by atoms with Crippen molar-refractivity contribution in [3.8, 4) is 11.3 Å². The number of carbonyl (C=O) groups is 2. The lowest BCUT2D eigenvalue weighted by Crippen LogP contribution is -2.30.